The van der Waals surface area contributed by atoms with Crippen LogP contribution in [-0.4, -0.2) is 42.0 Å². The first kappa shape index (κ1) is 14.2. The molecule has 21 heavy (non-hydrogen) atoms. The number of carbonyl (C=O) groups excluding carboxylic acids is 1. The van der Waals surface area contributed by atoms with Crippen LogP contribution in [0.1, 0.15) is 23.3 Å². The van der Waals surface area contributed by atoms with Crippen molar-refractivity contribution in [2.75, 3.05) is 20.1 Å². The molecule has 2 aromatic rings. The van der Waals surface area contributed by atoms with E-state index in [-0.39, 0.29) is 5.91 Å². The highest BCUT2D eigenvalue weighted by molar-refractivity contribution is 7.13. The van der Waals surface area contributed by atoms with Gasteiger partial charge in [0.25, 0.3) is 5.91 Å². The summed E-state index contributed by atoms with van der Waals surface area (Å²) in [7, 11) is 2.11. The van der Waals surface area contributed by atoms with Crippen molar-refractivity contribution in [1.29, 1.82) is 0 Å². The molecule has 1 aliphatic heterocycles. The van der Waals surface area contributed by atoms with Crippen molar-refractivity contribution in [1.82, 2.24) is 15.2 Å². The molecule has 1 fully saturated rings. The molecule has 0 saturated carbocycles. The molecule has 2 heterocycles. The van der Waals surface area contributed by atoms with Gasteiger partial charge in [-0.05, 0) is 26.4 Å². The lowest BCUT2D eigenvalue weighted by Crippen LogP contribution is -2.38. The number of thiazole rings is 1. The van der Waals surface area contributed by atoms with E-state index in [4.69, 9.17) is 0 Å². The number of likely N-dealkylation sites (N-methyl/N-ethyl adjacent to an activating group) is 1. The van der Waals surface area contributed by atoms with Crippen LogP contribution in [0.15, 0.2) is 35.7 Å². The minimum atomic E-state index is -0.0752. The smallest absolute Gasteiger partial charge is 0.270 e. The second-order valence-corrected chi connectivity index (χ2v) is 6.25. The number of benzene rings is 1. The molecule has 1 N–H and O–H groups in total. The topological polar surface area (TPSA) is 45.2 Å². The quantitative estimate of drug-likeness (QED) is 0.944. The number of rotatable bonds is 4. The molecule has 3 rings (SSSR count). The average molecular weight is 301 g/mol. The van der Waals surface area contributed by atoms with Crippen LogP contribution in [0.3, 0.4) is 0 Å². The van der Waals surface area contributed by atoms with Gasteiger partial charge >= 0.3 is 0 Å². The van der Waals surface area contributed by atoms with E-state index in [1.807, 2.05) is 35.7 Å². The third kappa shape index (κ3) is 3.31. The lowest BCUT2D eigenvalue weighted by atomic mass is 10.2. The normalized spacial score (nSPS) is 18.8. The van der Waals surface area contributed by atoms with Gasteiger partial charge in [-0.2, -0.15) is 0 Å². The Labute approximate surface area is 128 Å². The van der Waals surface area contributed by atoms with Crippen molar-refractivity contribution < 1.29 is 4.79 Å². The lowest BCUT2D eigenvalue weighted by molar-refractivity contribution is 0.0939. The summed E-state index contributed by atoms with van der Waals surface area (Å²) in [5, 5.41) is 5.72. The van der Waals surface area contributed by atoms with E-state index >= 15 is 0 Å². The maximum absolute atomic E-state index is 12.2. The van der Waals surface area contributed by atoms with Crippen LogP contribution in [0.2, 0.25) is 0 Å². The number of likely N-dealkylation sites (tertiary alicyclic amines) is 1. The van der Waals surface area contributed by atoms with Crippen LogP contribution in [0, 0.1) is 0 Å². The fraction of sp³-hybridized carbons (Fsp3) is 0.375. The summed E-state index contributed by atoms with van der Waals surface area (Å²) in [5.41, 5.74) is 1.57. The van der Waals surface area contributed by atoms with Crippen LogP contribution in [0.5, 0.6) is 0 Å². The maximum atomic E-state index is 12.2. The van der Waals surface area contributed by atoms with Crippen molar-refractivity contribution in [3.05, 3.63) is 41.4 Å². The van der Waals surface area contributed by atoms with Gasteiger partial charge < -0.3 is 10.2 Å². The van der Waals surface area contributed by atoms with Gasteiger partial charge in [0.15, 0.2) is 0 Å². The highest BCUT2D eigenvalue weighted by Crippen LogP contribution is 2.23. The summed E-state index contributed by atoms with van der Waals surface area (Å²) >= 11 is 1.51. The lowest BCUT2D eigenvalue weighted by Gasteiger charge is -2.19. The molecule has 1 amide bonds. The van der Waals surface area contributed by atoms with Crippen LogP contribution in [0.25, 0.3) is 10.6 Å². The molecule has 0 unspecified atom stereocenters. The van der Waals surface area contributed by atoms with E-state index in [1.165, 1.54) is 17.8 Å². The molecule has 4 nitrogen and oxygen atoms in total. The third-order valence-corrected chi connectivity index (χ3v) is 4.82. The van der Waals surface area contributed by atoms with E-state index in [1.54, 1.807) is 0 Å². The highest BCUT2D eigenvalue weighted by atomic mass is 32.1. The summed E-state index contributed by atoms with van der Waals surface area (Å²) in [6, 6.07) is 10.4. The molecular formula is C16H19N3OS. The Kier molecular flexibility index (Phi) is 4.31. The van der Waals surface area contributed by atoms with E-state index < -0.39 is 0 Å². The van der Waals surface area contributed by atoms with Crippen molar-refractivity contribution in [2.24, 2.45) is 0 Å². The van der Waals surface area contributed by atoms with Crippen LogP contribution in [0.4, 0.5) is 0 Å². The Morgan fingerprint density at radius 3 is 2.95 bits per heavy atom. The molecule has 5 heteroatoms. The molecule has 1 aromatic heterocycles. The largest absolute Gasteiger partial charge is 0.349 e. The number of amides is 1. The van der Waals surface area contributed by atoms with Crippen LogP contribution < -0.4 is 5.32 Å². The van der Waals surface area contributed by atoms with Gasteiger partial charge in [0, 0.05) is 23.5 Å². The minimum absolute atomic E-state index is 0.0752. The highest BCUT2D eigenvalue weighted by Gasteiger charge is 2.21. The number of hydrogen-bond acceptors (Lipinski definition) is 4. The second-order valence-electron chi connectivity index (χ2n) is 5.39. The zero-order valence-electron chi connectivity index (χ0n) is 12.1. The molecule has 0 spiro atoms. The number of aromatic nitrogens is 1. The van der Waals surface area contributed by atoms with E-state index in [0.717, 1.165) is 23.5 Å². The van der Waals surface area contributed by atoms with Gasteiger partial charge in [-0.3, -0.25) is 4.79 Å². The van der Waals surface area contributed by atoms with E-state index in [2.05, 4.69) is 22.2 Å². The summed E-state index contributed by atoms with van der Waals surface area (Å²) in [6.45, 7) is 1.82. The molecule has 0 radical (unpaired) electrons. The standard InChI is InChI=1S/C16H19N3OS/c1-19-9-5-8-13(19)10-17-15(20)14-11-21-16(18-14)12-6-3-2-4-7-12/h2-4,6-7,11,13H,5,8-10H2,1H3,(H,17,20)/t13-/m0/s1. The number of nitrogens with zero attached hydrogens (tertiary/aromatic N) is 2. The van der Waals surface area contributed by atoms with Gasteiger partial charge in [-0.15, -0.1) is 11.3 Å². The molecular weight excluding hydrogens is 282 g/mol. The van der Waals surface area contributed by atoms with E-state index in [9.17, 15) is 4.79 Å². The maximum Gasteiger partial charge on any atom is 0.270 e. The van der Waals surface area contributed by atoms with Crippen LogP contribution >= 0.6 is 11.3 Å². The Morgan fingerprint density at radius 2 is 2.24 bits per heavy atom. The van der Waals surface area contributed by atoms with Crippen molar-refractivity contribution in [3.8, 4) is 10.6 Å². The third-order valence-electron chi connectivity index (χ3n) is 3.93. The van der Waals surface area contributed by atoms with Gasteiger partial charge in [0.05, 0.1) is 0 Å². The Balaban J connectivity index is 1.62. The fourth-order valence-corrected chi connectivity index (χ4v) is 3.44. The zero-order valence-corrected chi connectivity index (χ0v) is 12.9. The summed E-state index contributed by atoms with van der Waals surface area (Å²) in [5.74, 6) is -0.0752. The Bertz CT molecular complexity index is 611. The first-order valence-electron chi connectivity index (χ1n) is 7.23. The SMILES string of the molecule is CN1CCC[C@H]1CNC(=O)c1csc(-c2ccccc2)n1. The predicted octanol–water partition coefficient (Wildman–Crippen LogP) is 2.63. The monoisotopic (exact) mass is 301 g/mol. The first-order valence-corrected chi connectivity index (χ1v) is 8.11. The second kappa shape index (κ2) is 6.37. The summed E-state index contributed by atoms with van der Waals surface area (Å²) in [6.07, 6.45) is 2.37. The molecule has 0 aliphatic carbocycles. The van der Waals surface area contributed by atoms with Crippen molar-refractivity contribution in [3.63, 3.8) is 0 Å². The summed E-state index contributed by atoms with van der Waals surface area (Å²) in [4.78, 5) is 18.9. The number of carbonyl (C=O) groups is 1. The minimum Gasteiger partial charge on any atom is -0.349 e. The number of hydrogen-bond donors (Lipinski definition) is 1. The molecule has 1 aliphatic rings. The van der Waals surface area contributed by atoms with Gasteiger partial charge in [0.2, 0.25) is 0 Å². The van der Waals surface area contributed by atoms with Gasteiger partial charge in [0.1, 0.15) is 10.7 Å². The Hall–Kier alpha value is -1.72. The van der Waals surface area contributed by atoms with E-state index in [0.29, 0.717) is 18.3 Å². The van der Waals surface area contributed by atoms with Gasteiger partial charge in [-0.25, -0.2) is 4.98 Å². The van der Waals surface area contributed by atoms with Gasteiger partial charge in [-0.1, -0.05) is 30.3 Å². The molecule has 1 atom stereocenters. The zero-order chi connectivity index (χ0) is 14.7. The Morgan fingerprint density at radius 1 is 1.43 bits per heavy atom. The average Bonchev–Trinajstić information content (AvgIpc) is 3.15. The molecule has 110 valence electrons. The molecule has 0 bridgehead atoms. The number of nitrogens with one attached hydrogen (secondary N) is 1. The predicted molar refractivity (Wildman–Crippen MR) is 85.5 cm³/mol. The summed E-state index contributed by atoms with van der Waals surface area (Å²) < 4.78 is 0. The van der Waals surface area contributed by atoms with Crippen molar-refractivity contribution >= 4 is 17.2 Å². The molecule has 1 saturated heterocycles. The first-order chi connectivity index (χ1) is 10.2. The molecule has 1 aromatic carbocycles. The fourth-order valence-electron chi connectivity index (χ4n) is 2.63. The van der Waals surface area contributed by atoms with Crippen molar-refractivity contribution in [2.45, 2.75) is 18.9 Å². The van der Waals surface area contributed by atoms with Crippen LogP contribution in [-0.2, 0) is 0 Å².